The molecule has 6 nitrogen and oxygen atoms in total. The molecule has 0 unspecified atom stereocenters. The fourth-order valence-electron chi connectivity index (χ4n) is 2.08. The molecule has 0 saturated carbocycles. The van der Waals surface area contributed by atoms with E-state index >= 15 is 0 Å². The minimum atomic E-state index is 0.420. The maximum absolute atomic E-state index is 6.16. The van der Waals surface area contributed by atoms with Crippen molar-refractivity contribution in [3.8, 4) is 5.75 Å². The van der Waals surface area contributed by atoms with Gasteiger partial charge in [0.05, 0.1) is 7.11 Å². The number of methoxy groups -OCH3 is 1. The van der Waals surface area contributed by atoms with E-state index in [0.717, 1.165) is 17.1 Å². The smallest absolute Gasteiger partial charge is 0.159 e. The van der Waals surface area contributed by atoms with E-state index in [0.29, 0.717) is 22.3 Å². The summed E-state index contributed by atoms with van der Waals surface area (Å²) in [6.07, 6.45) is 1.44. The van der Waals surface area contributed by atoms with Crippen molar-refractivity contribution in [2.45, 2.75) is 0 Å². The van der Waals surface area contributed by atoms with Crippen LogP contribution in [-0.2, 0) is 0 Å². The Bertz CT molecular complexity index is 821. The van der Waals surface area contributed by atoms with Crippen LogP contribution >= 0.6 is 11.6 Å². The Morgan fingerprint density at radius 1 is 0.875 bits per heavy atom. The number of nitrogens with two attached hydrogens (primary N) is 1. The lowest BCUT2D eigenvalue weighted by atomic mass is 10.3. The standard InChI is InChI=1S/C17H16ClN5O/c1-24-14-8-6-13(7-9-14)23-17-15(19)16(20-10-21-17)22-12-4-2-11(18)3-5-12/h2-10H,19H2,1H3,(H2,20,21,22,23). The van der Waals surface area contributed by atoms with Crippen LogP contribution in [0.5, 0.6) is 5.75 Å². The fourth-order valence-corrected chi connectivity index (χ4v) is 2.20. The second-order valence-corrected chi connectivity index (χ2v) is 5.41. The van der Waals surface area contributed by atoms with E-state index in [1.165, 1.54) is 6.33 Å². The molecule has 1 heterocycles. The molecule has 0 fully saturated rings. The molecule has 0 bridgehead atoms. The summed E-state index contributed by atoms with van der Waals surface area (Å²) in [5, 5.41) is 6.98. The Morgan fingerprint density at radius 2 is 1.38 bits per heavy atom. The van der Waals surface area contributed by atoms with Crippen molar-refractivity contribution in [2.24, 2.45) is 0 Å². The largest absolute Gasteiger partial charge is 0.497 e. The lowest BCUT2D eigenvalue weighted by Gasteiger charge is -2.13. The van der Waals surface area contributed by atoms with Crippen LogP contribution < -0.4 is 21.1 Å². The highest BCUT2D eigenvalue weighted by molar-refractivity contribution is 6.30. The van der Waals surface area contributed by atoms with E-state index in [9.17, 15) is 0 Å². The predicted octanol–water partition coefficient (Wildman–Crippen LogP) is 4.21. The monoisotopic (exact) mass is 341 g/mol. The second kappa shape index (κ2) is 7.06. The minimum absolute atomic E-state index is 0.420. The summed E-state index contributed by atoms with van der Waals surface area (Å²) in [6, 6.07) is 14.7. The lowest BCUT2D eigenvalue weighted by Crippen LogP contribution is -2.05. The van der Waals surface area contributed by atoms with Crippen LogP contribution in [0.2, 0.25) is 5.02 Å². The predicted molar refractivity (Wildman–Crippen MR) is 97.5 cm³/mol. The SMILES string of the molecule is COc1ccc(Nc2ncnc(Nc3ccc(Cl)cc3)c2N)cc1. The van der Waals surface area contributed by atoms with Crippen molar-refractivity contribution in [3.05, 3.63) is 59.9 Å². The highest BCUT2D eigenvalue weighted by Gasteiger charge is 2.09. The quantitative estimate of drug-likeness (QED) is 0.644. The molecule has 0 saturated heterocycles. The molecule has 122 valence electrons. The Morgan fingerprint density at radius 3 is 1.88 bits per heavy atom. The maximum Gasteiger partial charge on any atom is 0.159 e. The van der Waals surface area contributed by atoms with Crippen molar-refractivity contribution >= 4 is 40.3 Å². The van der Waals surface area contributed by atoms with Crippen LogP contribution in [0.1, 0.15) is 0 Å². The first-order chi connectivity index (χ1) is 11.7. The van der Waals surface area contributed by atoms with Gasteiger partial charge in [0.2, 0.25) is 0 Å². The van der Waals surface area contributed by atoms with E-state index in [1.54, 1.807) is 19.2 Å². The summed E-state index contributed by atoms with van der Waals surface area (Å²) in [7, 11) is 1.62. The molecular weight excluding hydrogens is 326 g/mol. The van der Waals surface area contributed by atoms with Crippen molar-refractivity contribution in [1.29, 1.82) is 0 Å². The van der Waals surface area contributed by atoms with Crippen molar-refractivity contribution < 1.29 is 4.74 Å². The Hall–Kier alpha value is -2.99. The van der Waals surface area contributed by atoms with Crippen LogP contribution in [0.15, 0.2) is 54.9 Å². The number of rotatable bonds is 5. The molecule has 4 N–H and O–H groups in total. The summed E-state index contributed by atoms with van der Waals surface area (Å²) >= 11 is 5.89. The molecule has 0 atom stereocenters. The van der Waals surface area contributed by atoms with Gasteiger partial charge in [-0.2, -0.15) is 0 Å². The van der Waals surface area contributed by atoms with Gasteiger partial charge in [0.1, 0.15) is 17.8 Å². The summed E-state index contributed by atoms with van der Waals surface area (Å²) in [4.78, 5) is 8.38. The number of aromatic nitrogens is 2. The van der Waals surface area contributed by atoms with E-state index in [2.05, 4.69) is 20.6 Å². The molecule has 1 aromatic heterocycles. The van der Waals surface area contributed by atoms with Crippen molar-refractivity contribution in [2.75, 3.05) is 23.5 Å². The third-order valence-electron chi connectivity index (χ3n) is 3.34. The van der Waals surface area contributed by atoms with E-state index in [4.69, 9.17) is 22.1 Å². The van der Waals surface area contributed by atoms with Crippen molar-refractivity contribution in [3.63, 3.8) is 0 Å². The third-order valence-corrected chi connectivity index (χ3v) is 3.60. The second-order valence-electron chi connectivity index (χ2n) is 4.97. The molecule has 24 heavy (non-hydrogen) atoms. The number of hydrogen-bond acceptors (Lipinski definition) is 6. The van der Waals surface area contributed by atoms with Crippen LogP contribution in [0.4, 0.5) is 28.7 Å². The third kappa shape index (κ3) is 3.67. The van der Waals surface area contributed by atoms with E-state index < -0.39 is 0 Å². The molecule has 7 heteroatoms. The summed E-state index contributed by atoms with van der Waals surface area (Å²) in [5.41, 5.74) is 8.26. The maximum atomic E-state index is 6.16. The number of benzene rings is 2. The number of hydrogen-bond donors (Lipinski definition) is 3. The van der Waals surface area contributed by atoms with Gasteiger partial charge in [0, 0.05) is 16.4 Å². The van der Waals surface area contributed by atoms with Crippen molar-refractivity contribution in [1.82, 2.24) is 9.97 Å². The average molecular weight is 342 g/mol. The topological polar surface area (TPSA) is 85.1 Å². The minimum Gasteiger partial charge on any atom is -0.497 e. The summed E-state index contributed by atoms with van der Waals surface area (Å²) in [5.74, 6) is 1.82. The van der Waals surface area contributed by atoms with Gasteiger partial charge in [0.15, 0.2) is 11.6 Å². The molecule has 3 aromatic rings. The number of nitrogen functional groups attached to an aromatic ring is 1. The van der Waals surface area contributed by atoms with Gasteiger partial charge in [0.25, 0.3) is 0 Å². The number of halogens is 1. The van der Waals surface area contributed by atoms with Crippen LogP contribution in [0.25, 0.3) is 0 Å². The Balaban J connectivity index is 1.80. The Labute approximate surface area is 144 Å². The van der Waals surface area contributed by atoms with Gasteiger partial charge in [-0.3, -0.25) is 0 Å². The van der Waals surface area contributed by atoms with E-state index in [1.807, 2.05) is 36.4 Å². The number of ether oxygens (including phenoxy) is 1. The molecule has 0 spiro atoms. The first-order valence-corrected chi connectivity index (χ1v) is 7.57. The number of anilines is 5. The van der Waals surface area contributed by atoms with Gasteiger partial charge >= 0.3 is 0 Å². The number of nitrogens with zero attached hydrogens (tertiary/aromatic N) is 2. The van der Waals surface area contributed by atoms with E-state index in [-0.39, 0.29) is 0 Å². The zero-order valence-corrected chi connectivity index (χ0v) is 13.7. The van der Waals surface area contributed by atoms with Crippen LogP contribution in [-0.4, -0.2) is 17.1 Å². The van der Waals surface area contributed by atoms with Gasteiger partial charge < -0.3 is 21.1 Å². The molecular formula is C17H16ClN5O. The van der Waals surface area contributed by atoms with Gasteiger partial charge in [-0.1, -0.05) is 11.6 Å². The molecule has 0 aliphatic heterocycles. The van der Waals surface area contributed by atoms with Gasteiger partial charge in [-0.05, 0) is 48.5 Å². The zero-order chi connectivity index (χ0) is 16.9. The molecule has 0 radical (unpaired) electrons. The van der Waals surface area contributed by atoms with Crippen LogP contribution in [0, 0.1) is 0 Å². The first kappa shape index (κ1) is 15.9. The summed E-state index contributed by atoms with van der Waals surface area (Å²) < 4.78 is 5.14. The molecule has 0 amide bonds. The first-order valence-electron chi connectivity index (χ1n) is 7.20. The highest BCUT2D eigenvalue weighted by Crippen LogP contribution is 2.29. The normalized spacial score (nSPS) is 10.2. The molecule has 2 aromatic carbocycles. The highest BCUT2D eigenvalue weighted by atomic mass is 35.5. The van der Waals surface area contributed by atoms with Gasteiger partial charge in [-0.15, -0.1) is 0 Å². The van der Waals surface area contributed by atoms with Gasteiger partial charge in [-0.25, -0.2) is 9.97 Å². The Kier molecular flexibility index (Phi) is 4.67. The molecule has 0 aliphatic rings. The summed E-state index contributed by atoms with van der Waals surface area (Å²) in [6.45, 7) is 0. The molecule has 0 aliphatic carbocycles. The molecule has 3 rings (SSSR count). The number of nitrogens with one attached hydrogen (secondary N) is 2. The average Bonchev–Trinajstić information content (AvgIpc) is 2.61. The lowest BCUT2D eigenvalue weighted by molar-refractivity contribution is 0.415. The fraction of sp³-hybridized carbons (Fsp3) is 0.0588. The zero-order valence-electron chi connectivity index (χ0n) is 13.0. The van der Waals surface area contributed by atoms with Crippen LogP contribution in [0.3, 0.4) is 0 Å².